The first kappa shape index (κ1) is 29.3. The van der Waals surface area contributed by atoms with Crippen molar-refractivity contribution in [3.05, 3.63) is 53.6 Å². The zero-order valence-corrected chi connectivity index (χ0v) is 27.3. The van der Waals surface area contributed by atoms with Gasteiger partial charge >= 0.3 is 5.97 Å². The second kappa shape index (κ2) is 9.85. The molecule has 0 spiro atoms. The highest BCUT2D eigenvalue weighted by Gasteiger charge is 2.68. The zero-order chi connectivity index (χ0) is 29.4. The van der Waals surface area contributed by atoms with Crippen LogP contribution in [0.25, 0.3) is 6.08 Å². The lowest BCUT2D eigenvalue weighted by atomic mass is 9.33. The summed E-state index contributed by atoms with van der Waals surface area (Å²) in [6.45, 7) is 20.6. The lowest BCUT2D eigenvalue weighted by molar-refractivity contribution is -0.211. The molecule has 0 aromatic heterocycles. The van der Waals surface area contributed by atoms with Crippen molar-refractivity contribution < 1.29 is 9.53 Å². The van der Waals surface area contributed by atoms with E-state index in [0.29, 0.717) is 28.1 Å². The van der Waals surface area contributed by atoms with Crippen molar-refractivity contribution in [2.24, 2.45) is 56.7 Å². The molecular weight excluding hydrogens is 500 g/mol. The van der Waals surface area contributed by atoms with Crippen LogP contribution in [-0.2, 0) is 9.53 Å². The summed E-state index contributed by atoms with van der Waals surface area (Å²) in [5.41, 5.74) is 4.25. The van der Waals surface area contributed by atoms with E-state index in [9.17, 15) is 4.79 Å². The molecule has 0 aliphatic heterocycles. The number of fused-ring (bicyclic) bond motifs is 7. The Balaban J connectivity index is 1.26. The average molecular weight is 557 g/mol. The van der Waals surface area contributed by atoms with Gasteiger partial charge in [-0.05, 0) is 121 Å². The molecule has 5 aliphatic rings. The highest BCUT2D eigenvalue weighted by molar-refractivity contribution is 5.87. The molecule has 2 heteroatoms. The van der Waals surface area contributed by atoms with E-state index in [1.165, 1.54) is 44.9 Å². The van der Waals surface area contributed by atoms with Gasteiger partial charge in [0.05, 0.1) is 0 Å². The molecule has 5 aliphatic carbocycles. The first-order valence-electron chi connectivity index (χ1n) is 16.9. The smallest absolute Gasteiger partial charge is 0.331 e. The van der Waals surface area contributed by atoms with E-state index in [-0.39, 0.29) is 22.9 Å². The molecule has 0 saturated heterocycles. The minimum atomic E-state index is -0.199. The Labute approximate surface area is 250 Å². The Morgan fingerprint density at radius 2 is 1.59 bits per heavy atom. The molecule has 6 rings (SSSR count). The maximum absolute atomic E-state index is 13.0. The Bertz CT molecular complexity index is 1230. The molecule has 0 heterocycles. The lowest BCUT2D eigenvalue weighted by Gasteiger charge is -2.71. The third kappa shape index (κ3) is 4.27. The number of carbonyl (C=O) groups is 1. The summed E-state index contributed by atoms with van der Waals surface area (Å²) < 4.78 is 6.24. The third-order valence-electron chi connectivity index (χ3n) is 14.8. The summed E-state index contributed by atoms with van der Waals surface area (Å²) in [7, 11) is 0. The normalized spacial score (nSPS) is 46.9. The highest BCUT2D eigenvalue weighted by Crippen LogP contribution is 2.75. The molecule has 0 N–H and O–H groups in total. The SMILES string of the molecule is C[C@@H]1[C@H]2C3=CC[C@@H]4[C@@]5(C)CC[C@H](OC(=O)/C=C\c6ccccc6)C(C)(C)[C@@H]5CC[C@@]4(C)[C@]3(C)CC[C@@]2(C)CC[C@@H]1C. The molecule has 0 radical (unpaired) electrons. The minimum absolute atomic E-state index is 0.0249. The monoisotopic (exact) mass is 556 g/mol. The summed E-state index contributed by atoms with van der Waals surface area (Å²) in [6.07, 6.45) is 17.8. The molecule has 1 aromatic rings. The standard InChI is InChI=1S/C39H56O2/c1-26-18-21-36(5)24-25-38(7)29(34(36)27(26)2)15-16-31-37(6)22-20-32(35(3,4)30(37)19-23-39(31,38)8)41-33(40)17-14-28-12-10-9-11-13-28/h9-15,17,26-27,30-32,34H,16,18-25H2,1-8H3/b17-14-/t26-,27-,30-,31+,32-,34-,36+,37-,38+,39+/m0/s1. The molecule has 1 aromatic carbocycles. The summed E-state index contributed by atoms with van der Waals surface area (Å²) in [6, 6.07) is 10.0. The van der Waals surface area contributed by atoms with Crippen molar-refractivity contribution in [2.45, 2.75) is 119 Å². The molecule has 4 fully saturated rings. The van der Waals surface area contributed by atoms with Crippen molar-refractivity contribution in [3.8, 4) is 0 Å². The van der Waals surface area contributed by atoms with Crippen LogP contribution in [0.1, 0.15) is 119 Å². The maximum atomic E-state index is 13.0. The van der Waals surface area contributed by atoms with Crippen molar-refractivity contribution in [2.75, 3.05) is 0 Å². The quantitative estimate of drug-likeness (QED) is 0.210. The molecule has 10 atom stereocenters. The molecule has 0 amide bonds. The minimum Gasteiger partial charge on any atom is -0.459 e. The van der Waals surface area contributed by atoms with E-state index in [1.807, 2.05) is 42.0 Å². The van der Waals surface area contributed by atoms with Crippen molar-refractivity contribution >= 4 is 12.0 Å². The van der Waals surface area contributed by atoms with Crippen LogP contribution in [0.2, 0.25) is 0 Å². The molecule has 41 heavy (non-hydrogen) atoms. The number of benzene rings is 1. The van der Waals surface area contributed by atoms with E-state index in [1.54, 1.807) is 6.08 Å². The molecular formula is C39H56O2. The molecule has 0 bridgehead atoms. The van der Waals surface area contributed by atoms with Crippen LogP contribution in [0.15, 0.2) is 48.1 Å². The number of allylic oxidation sites excluding steroid dienone is 2. The van der Waals surface area contributed by atoms with Gasteiger partial charge < -0.3 is 4.74 Å². The van der Waals surface area contributed by atoms with Crippen LogP contribution < -0.4 is 0 Å². The number of ether oxygens (including phenoxy) is 1. The van der Waals surface area contributed by atoms with E-state index in [0.717, 1.165) is 36.2 Å². The summed E-state index contributed by atoms with van der Waals surface area (Å²) in [5, 5.41) is 0. The van der Waals surface area contributed by atoms with Gasteiger partial charge in [0, 0.05) is 11.5 Å². The maximum Gasteiger partial charge on any atom is 0.331 e. The van der Waals surface area contributed by atoms with Crippen LogP contribution in [0.3, 0.4) is 0 Å². The van der Waals surface area contributed by atoms with Crippen LogP contribution >= 0.6 is 0 Å². The summed E-state index contributed by atoms with van der Waals surface area (Å²) in [4.78, 5) is 13.0. The molecule has 2 nitrogen and oxygen atoms in total. The predicted octanol–water partition coefficient (Wildman–Crippen LogP) is 10.3. The van der Waals surface area contributed by atoms with E-state index >= 15 is 0 Å². The molecule has 4 saturated carbocycles. The van der Waals surface area contributed by atoms with Crippen molar-refractivity contribution in [3.63, 3.8) is 0 Å². The van der Waals surface area contributed by atoms with Gasteiger partial charge in [-0.25, -0.2) is 4.79 Å². The first-order valence-corrected chi connectivity index (χ1v) is 16.9. The Morgan fingerprint density at radius 1 is 0.854 bits per heavy atom. The predicted molar refractivity (Wildman–Crippen MR) is 170 cm³/mol. The van der Waals surface area contributed by atoms with Gasteiger partial charge in [0.15, 0.2) is 0 Å². The van der Waals surface area contributed by atoms with Gasteiger partial charge in [0.25, 0.3) is 0 Å². The highest BCUT2D eigenvalue weighted by atomic mass is 16.5. The van der Waals surface area contributed by atoms with Crippen LogP contribution in [0, 0.1) is 56.7 Å². The van der Waals surface area contributed by atoms with Crippen molar-refractivity contribution in [1.82, 2.24) is 0 Å². The van der Waals surface area contributed by atoms with E-state index in [2.05, 4.69) is 61.5 Å². The largest absolute Gasteiger partial charge is 0.459 e. The Kier molecular flexibility index (Phi) is 7.03. The average Bonchev–Trinajstić information content (AvgIpc) is 2.93. The number of esters is 1. The first-order chi connectivity index (χ1) is 19.3. The molecule has 0 unspecified atom stereocenters. The van der Waals surface area contributed by atoms with Gasteiger partial charge in [-0.15, -0.1) is 0 Å². The number of rotatable bonds is 3. The van der Waals surface area contributed by atoms with Gasteiger partial charge in [-0.3, -0.25) is 0 Å². The third-order valence-corrected chi connectivity index (χ3v) is 14.8. The Morgan fingerprint density at radius 3 is 2.32 bits per heavy atom. The van der Waals surface area contributed by atoms with Crippen LogP contribution in [0.5, 0.6) is 0 Å². The lowest BCUT2D eigenvalue weighted by Crippen LogP contribution is -2.65. The van der Waals surface area contributed by atoms with Gasteiger partial charge in [0.1, 0.15) is 6.10 Å². The van der Waals surface area contributed by atoms with E-state index in [4.69, 9.17) is 4.74 Å². The second-order valence-electron chi connectivity index (χ2n) is 16.8. The fourth-order valence-electron chi connectivity index (χ4n) is 11.9. The summed E-state index contributed by atoms with van der Waals surface area (Å²) >= 11 is 0. The van der Waals surface area contributed by atoms with Gasteiger partial charge in [0.2, 0.25) is 0 Å². The molecule has 224 valence electrons. The van der Waals surface area contributed by atoms with Gasteiger partial charge in [-0.2, -0.15) is 0 Å². The van der Waals surface area contributed by atoms with Crippen molar-refractivity contribution in [1.29, 1.82) is 0 Å². The van der Waals surface area contributed by atoms with Crippen LogP contribution in [0.4, 0.5) is 0 Å². The Hall–Kier alpha value is -1.83. The summed E-state index contributed by atoms with van der Waals surface area (Å²) in [5.74, 6) is 3.43. The topological polar surface area (TPSA) is 26.3 Å². The van der Waals surface area contributed by atoms with Crippen LogP contribution in [-0.4, -0.2) is 12.1 Å². The number of hydrogen-bond acceptors (Lipinski definition) is 2. The number of carbonyl (C=O) groups excluding carboxylic acids is 1. The van der Waals surface area contributed by atoms with Gasteiger partial charge in [-0.1, -0.05) is 97.4 Å². The number of hydrogen-bond donors (Lipinski definition) is 0. The second-order valence-corrected chi connectivity index (χ2v) is 16.8. The fraction of sp³-hybridized carbons (Fsp3) is 0.718. The fourth-order valence-corrected chi connectivity index (χ4v) is 11.9. The van der Waals surface area contributed by atoms with E-state index < -0.39 is 0 Å². The zero-order valence-electron chi connectivity index (χ0n) is 27.3.